The molecule has 3 heterocycles. The number of benzene rings is 2. The molecule has 3 aromatic heterocycles. The Morgan fingerprint density at radius 3 is 2.34 bits per heavy atom. The minimum absolute atomic E-state index is 0.806. The van der Waals surface area contributed by atoms with Crippen LogP contribution in [0, 0.1) is 6.92 Å². The Hall–Kier alpha value is -3.66. The van der Waals surface area contributed by atoms with Gasteiger partial charge in [0.15, 0.2) is 6.20 Å². The Kier molecular flexibility index (Phi) is 4.06. The molecule has 0 saturated carbocycles. The number of aryl methyl sites for hydroxylation is 2. The van der Waals surface area contributed by atoms with Crippen LogP contribution in [-0.4, -0.2) is 4.57 Å². The fraction of sp³-hybridized carbons (Fsp3) is 0.120. The largest absolute Gasteiger partial charge is 0.405 e. The Morgan fingerprint density at radius 1 is 0.724 bits per heavy atom. The van der Waals surface area contributed by atoms with E-state index >= 15 is 0 Å². The highest BCUT2D eigenvalue weighted by molar-refractivity contribution is 6.06. The van der Waals surface area contributed by atoms with Crippen molar-refractivity contribution in [1.82, 2.24) is 4.57 Å². The van der Waals surface area contributed by atoms with Gasteiger partial charge in [0, 0.05) is 17.0 Å². The molecule has 142 valence electrons. The predicted molar refractivity (Wildman–Crippen MR) is 114 cm³/mol. The van der Waals surface area contributed by atoms with Crippen molar-refractivity contribution in [1.29, 1.82) is 0 Å². The highest BCUT2D eigenvalue weighted by Crippen LogP contribution is 2.34. The third-order valence-corrected chi connectivity index (χ3v) is 5.51. The fourth-order valence-electron chi connectivity index (χ4n) is 4.03. The summed E-state index contributed by atoms with van der Waals surface area (Å²) < 4.78 is 12.8. The van der Waals surface area contributed by atoms with Gasteiger partial charge in [-0.15, -0.1) is 0 Å². The Bertz CT molecular complexity index is 1370. The maximum Gasteiger partial charge on any atom is 0.373 e. The van der Waals surface area contributed by atoms with E-state index in [1.54, 1.807) is 0 Å². The maximum atomic E-state index is 6.28. The van der Waals surface area contributed by atoms with E-state index < -0.39 is 0 Å². The molecule has 5 rings (SSSR count). The minimum Gasteiger partial charge on any atom is -0.405 e. The molecule has 0 bridgehead atoms. The van der Waals surface area contributed by atoms with Crippen LogP contribution in [0.15, 0.2) is 85.2 Å². The average Bonchev–Trinajstić information content (AvgIpc) is 3.07. The van der Waals surface area contributed by atoms with Gasteiger partial charge in [-0.25, -0.2) is 4.57 Å². The van der Waals surface area contributed by atoms with E-state index in [2.05, 4.69) is 77.8 Å². The summed E-state index contributed by atoms with van der Waals surface area (Å²) in [5.74, 6) is 1.66. The average molecular weight is 381 g/mol. The monoisotopic (exact) mass is 381 g/mol. The smallest absolute Gasteiger partial charge is 0.373 e. The van der Waals surface area contributed by atoms with Crippen LogP contribution in [0.3, 0.4) is 0 Å². The van der Waals surface area contributed by atoms with Crippen LogP contribution in [0.2, 0.25) is 0 Å². The molecule has 0 fully saturated rings. The number of pyridine rings is 2. The molecule has 4 nitrogen and oxygen atoms in total. The second-order valence-electron chi connectivity index (χ2n) is 7.36. The molecule has 0 radical (unpaired) electrons. The molecular formula is C25H23N3O+2. The summed E-state index contributed by atoms with van der Waals surface area (Å²) in [7, 11) is 4.08. The first-order valence-electron chi connectivity index (χ1n) is 9.75. The number of hydrogen-bond donors (Lipinski definition) is 0. The van der Waals surface area contributed by atoms with E-state index in [1.807, 2.05) is 42.1 Å². The normalized spacial score (nSPS) is 11.3. The number of aromatic nitrogens is 3. The van der Waals surface area contributed by atoms with Crippen molar-refractivity contribution in [3.05, 3.63) is 90.8 Å². The zero-order valence-corrected chi connectivity index (χ0v) is 16.8. The van der Waals surface area contributed by atoms with Crippen LogP contribution in [0.1, 0.15) is 5.56 Å². The van der Waals surface area contributed by atoms with Crippen LogP contribution in [0.5, 0.6) is 11.6 Å². The van der Waals surface area contributed by atoms with Gasteiger partial charge in [-0.3, -0.25) is 0 Å². The summed E-state index contributed by atoms with van der Waals surface area (Å²) in [6.45, 7) is 2.12. The van der Waals surface area contributed by atoms with Crippen LogP contribution in [-0.2, 0) is 14.1 Å². The van der Waals surface area contributed by atoms with E-state index in [9.17, 15) is 0 Å². The van der Waals surface area contributed by atoms with Gasteiger partial charge in [0.1, 0.15) is 24.0 Å². The highest BCUT2D eigenvalue weighted by atomic mass is 16.5. The highest BCUT2D eigenvalue weighted by Gasteiger charge is 2.24. The Labute approximate surface area is 169 Å². The molecule has 0 unspecified atom stereocenters. The number of para-hydroxylation sites is 1. The molecule has 0 atom stereocenters. The van der Waals surface area contributed by atoms with Crippen LogP contribution < -0.4 is 13.9 Å². The maximum absolute atomic E-state index is 6.28. The SMILES string of the molecule is Cc1c(Oc2cccc[n+]2C)cccc1-n1c2ccccc2c2ccc[n+](C)c21. The summed E-state index contributed by atoms with van der Waals surface area (Å²) >= 11 is 0. The molecule has 5 aromatic rings. The second kappa shape index (κ2) is 6.74. The summed E-state index contributed by atoms with van der Waals surface area (Å²) in [5.41, 5.74) is 4.57. The van der Waals surface area contributed by atoms with Crippen molar-refractivity contribution in [3.8, 4) is 17.3 Å². The number of rotatable bonds is 3. The number of nitrogens with zero attached hydrogens (tertiary/aromatic N) is 3. The number of fused-ring (bicyclic) bond motifs is 3. The van der Waals surface area contributed by atoms with Crippen molar-refractivity contribution in [2.24, 2.45) is 14.1 Å². The van der Waals surface area contributed by atoms with Crippen LogP contribution in [0.25, 0.3) is 27.6 Å². The standard InChI is InChI=1S/C25H23N3O/c1-18-21(13-8-14-23(18)29-24-15-6-7-16-26(24)2)28-22-12-5-4-10-19(22)20-11-9-17-27(3)25(20)28/h4-17H,1-3H3/q+2. The molecule has 0 amide bonds. The fourth-order valence-corrected chi connectivity index (χ4v) is 4.03. The van der Waals surface area contributed by atoms with Crippen molar-refractivity contribution >= 4 is 21.9 Å². The topological polar surface area (TPSA) is 21.9 Å². The molecule has 0 aliphatic rings. The van der Waals surface area contributed by atoms with Gasteiger partial charge in [-0.05, 0) is 49.4 Å². The lowest BCUT2D eigenvalue weighted by atomic mass is 10.1. The molecule has 0 spiro atoms. The van der Waals surface area contributed by atoms with E-state index in [-0.39, 0.29) is 0 Å². The molecule has 0 saturated heterocycles. The van der Waals surface area contributed by atoms with Crippen LogP contribution in [0.4, 0.5) is 0 Å². The van der Waals surface area contributed by atoms with E-state index in [1.165, 1.54) is 21.9 Å². The third kappa shape index (κ3) is 2.76. The van der Waals surface area contributed by atoms with E-state index in [0.717, 1.165) is 22.9 Å². The first kappa shape index (κ1) is 17.4. The first-order chi connectivity index (χ1) is 14.1. The predicted octanol–water partition coefficient (Wildman–Crippen LogP) is 4.53. The quantitative estimate of drug-likeness (QED) is 0.421. The van der Waals surface area contributed by atoms with Crippen molar-refractivity contribution in [3.63, 3.8) is 0 Å². The van der Waals surface area contributed by atoms with Crippen molar-refractivity contribution in [2.75, 3.05) is 0 Å². The summed E-state index contributed by atoms with van der Waals surface area (Å²) in [6.07, 6.45) is 4.08. The van der Waals surface area contributed by atoms with E-state index in [4.69, 9.17) is 4.74 Å². The molecular weight excluding hydrogens is 358 g/mol. The third-order valence-electron chi connectivity index (χ3n) is 5.51. The van der Waals surface area contributed by atoms with Gasteiger partial charge >= 0.3 is 5.88 Å². The van der Waals surface area contributed by atoms with Gasteiger partial charge in [-0.1, -0.05) is 18.2 Å². The lowest BCUT2D eigenvalue weighted by molar-refractivity contribution is -0.675. The van der Waals surface area contributed by atoms with Gasteiger partial charge in [0.25, 0.3) is 5.65 Å². The zero-order valence-electron chi connectivity index (χ0n) is 16.8. The Balaban J connectivity index is 1.77. The Morgan fingerprint density at radius 2 is 1.48 bits per heavy atom. The molecule has 0 N–H and O–H groups in total. The lowest BCUT2D eigenvalue weighted by Crippen LogP contribution is -2.30. The summed E-state index contributed by atoms with van der Waals surface area (Å²) in [5, 5.41) is 2.49. The first-order valence-corrected chi connectivity index (χ1v) is 9.75. The molecule has 2 aromatic carbocycles. The molecule has 29 heavy (non-hydrogen) atoms. The van der Waals surface area contributed by atoms with E-state index in [0.29, 0.717) is 0 Å². The minimum atomic E-state index is 0.806. The molecule has 4 heteroatoms. The van der Waals surface area contributed by atoms with Gasteiger partial charge in [0.05, 0.1) is 24.7 Å². The molecule has 0 aliphatic carbocycles. The molecule has 0 aliphatic heterocycles. The summed E-state index contributed by atoms with van der Waals surface area (Å²) in [4.78, 5) is 0. The van der Waals surface area contributed by atoms with Crippen molar-refractivity contribution in [2.45, 2.75) is 6.92 Å². The second-order valence-corrected chi connectivity index (χ2v) is 7.36. The van der Waals surface area contributed by atoms with Crippen LogP contribution >= 0.6 is 0 Å². The van der Waals surface area contributed by atoms with Gasteiger partial charge < -0.3 is 4.74 Å². The number of hydrogen-bond acceptors (Lipinski definition) is 1. The zero-order chi connectivity index (χ0) is 20.0. The summed E-state index contributed by atoms with van der Waals surface area (Å²) in [6, 6.07) is 25.1. The van der Waals surface area contributed by atoms with Gasteiger partial charge in [0.2, 0.25) is 0 Å². The number of ether oxygens (including phenoxy) is 1. The lowest BCUT2D eigenvalue weighted by Gasteiger charge is -2.10. The van der Waals surface area contributed by atoms with Gasteiger partial charge in [-0.2, -0.15) is 9.13 Å². The van der Waals surface area contributed by atoms with Crippen molar-refractivity contribution < 1.29 is 13.9 Å².